The molecule has 0 aliphatic carbocycles. The molecule has 1 aromatic carbocycles. The van der Waals surface area contributed by atoms with Crippen molar-refractivity contribution in [3.05, 3.63) is 34.9 Å². The van der Waals surface area contributed by atoms with Gasteiger partial charge in [-0.05, 0) is 12.1 Å². The number of benzene rings is 1. The summed E-state index contributed by atoms with van der Waals surface area (Å²) in [5, 5.41) is 21.4. The Bertz CT molecular complexity index is 493. The Kier molecular flexibility index (Phi) is 5.08. The van der Waals surface area contributed by atoms with Crippen LogP contribution in [0, 0.1) is 11.6 Å². The maximum Gasteiger partial charge on any atom is 0.216 e. The fourth-order valence-corrected chi connectivity index (χ4v) is 1.46. The lowest BCUT2D eigenvalue weighted by molar-refractivity contribution is -0.119. The first-order valence-electron chi connectivity index (χ1n) is 5.41. The van der Waals surface area contributed by atoms with E-state index < -0.39 is 40.9 Å². The smallest absolute Gasteiger partial charge is 0.216 e. The SMILES string of the molecule is CC(=O)NCC(O)C(O)c1cc(F)c(C=O)cc1F. The highest BCUT2D eigenvalue weighted by Crippen LogP contribution is 2.22. The number of nitrogens with one attached hydrogen (secondary N) is 1. The molecule has 19 heavy (non-hydrogen) atoms. The van der Waals surface area contributed by atoms with Gasteiger partial charge in [0, 0.05) is 19.0 Å². The van der Waals surface area contributed by atoms with Crippen LogP contribution >= 0.6 is 0 Å². The lowest BCUT2D eigenvalue weighted by Crippen LogP contribution is -2.34. The summed E-state index contributed by atoms with van der Waals surface area (Å²) in [7, 11) is 0. The monoisotopic (exact) mass is 273 g/mol. The molecule has 5 nitrogen and oxygen atoms in total. The normalized spacial score (nSPS) is 13.7. The second kappa shape index (κ2) is 6.35. The Morgan fingerprint density at radius 2 is 2.00 bits per heavy atom. The summed E-state index contributed by atoms with van der Waals surface area (Å²) >= 11 is 0. The molecule has 0 aliphatic heterocycles. The van der Waals surface area contributed by atoms with Gasteiger partial charge in [0.15, 0.2) is 6.29 Å². The van der Waals surface area contributed by atoms with Crippen LogP contribution in [0.4, 0.5) is 8.78 Å². The van der Waals surface area contributed by atoms with E-state index in [-0.39, 0.29) is 12.8 Å². The van der Waals surface area contributed by atoms with Gasteiger partial charge in [-0.25, -0.2) is 8.78 Å². The lowest BCUT2D eigenvalue weighted by Gasteiger charge is -2.19. The first kappa shape index (κ1) is 15.2. The van der Waals surface area contributed by atoms with E-state index in [1.54, 1.807) is 0 Å². The number of hydrogen-bond acceptors (Lipinski definition) is 4. The van der Waals surface area contributed by atoms with Gasteiger partial charge in [0.1, 0.15) is 23.8 Å². The molecule has 3 N–H and O–H groups in total. The van der Waals surface area contributed by atoms with Crippen molar-refractivity contribution >= 4 is 12.2 Å². The number of aliphatic hydroxyl groups excluding tert-OH is 2. The molecule has 7 heteroatoms. The first-order chi connectivity index (χ1) is 8.86. The van der Waals surface area contributed by atoms with Crippen LogP contribution in [0.5, 0.6) is 0 Å². The summed E-state index contributed by atoms with van der Waals surface area (Å²) in [6, 6.07) is 1.27. The Morgan fingerprint density at radius 1 is 1.37 bits per heavy atom. The molecule has 1 aromatic rings. The Hall–Kier alpha value is -1.86. The van der Waals surface area contributed by atoms with Crippen LogP contribution in [0.25, 0.3) is 0 Å². The molecule has 0 spiro atoms. The van der Waals surface area contributed by atoms with E-state index in [1.807, 2.05) is 0 Å². The standard InChI is InChI=1S/C12H13F2NO4/c1-6(17)15-4-11(18)12(19)8-3-9(13)7(5-16)2-10(8)14/h2-3,5,11-12,18-19H,4H2,1H3,(H,15,17). The molecule has 2 unspecified atom stereocenters. The van der Waals surface area contributed by atoms with E-state index in [1.165, 1.54) is 6.92 Å². The van der Waals surface area contributed by atoms with E-state index >= 15 is 0 Å². The van der Waals surface area contributed by atoms with Crippen molar-refractivity contribution in [3.8, 4) is 0 Å². The minimum atomic E-state index is -1.72. The molecule has 0 bridgehead atoms. The summed E-state index contributed by atoms with van der Waals surface area (Å²) in [6.07, 6.45) is -3.08. The molecule has 0 saturated heterocycles. The molecule has 0 fully saturated rings. The van der Waals surface area contributed by atoms with Gasteiger partial charge in [-0.2, -0.15) is 0 Å². The third kappa shape index (κ3) is 3.80. The van der Waals surface area contributed by atoms with Crippen LogP contribution in [0.15, 0.2) is 12.1 Å². The highest BCUT2D eigenvalue weighted by Gasteiger charge is 2.23. The van der Waals surface area contributed by atoms with Gasteiger partial charge < -0.3 is 15.5 Å². The highest BCUT2D eigenvalue weighted by molar-refractivity contribution is 5.75. The van der Waals surface area contributed by atoms with Crippen LogP contribution in [-0.4, -0.2) is 35.1 Å². The third-order valence-corrected chi connectivity index (χ3v) is 2.49. The van der Waals surface area contributed by atoms with Gasteiger partial charge in [-0.3, -0.25) is 9.59 Å². The summed E-state index contributed by atoms with van der Waals surface area (Å²) in [5.41, 5.74) is -0.967. The summed E-state index contributed by atoms with van der Waals surface area (Å²) in [4.78, 5) is 21.0. The minimum Gasteiger partial charge on any atom is -0.388 e. The first-order valence-corrected chi connectivity index (χ1v) is 5.41. The summed E-state index contributed by atoms with van der Waals surface area (Å²) in [5.74, 6) is -2.45. The number of amides is 1. The van der Waals surface area contributed by atoms with Crippen LogP contribution < -0.4 is 5.32 Å². The number of carbonyl (C=O) groups is 2. The minimum absolute atomic E-state index is 0.141. The zero-order valence-corrected chi connectivity index (χ0v) is 10.1. The van der Waals surface area contributed by atoms with E-state index in [0.717, 1.165) is 0 Å². The molecular weight excluding hydrogens is 260 g/mol. The average molecular weight is 273 g/mol. The van der Waals surface area contributed by atoms with Gasteiger partial charge in [-0.15, -0.1) is 0 Å². The lowest BCUT2D eigenvalue weighted by atomic mass is 10.0. The third-order valence-electron chi connectivity index (χ3n) is 2.49. The van der Waals surface area contributed by atoms with E-state index in [9.17, 15) is 28.6 Å². The average Bonchev–Trinajstić information content (AvgIpc) is 2.37. The molecule has 0 saturated carbocycles. The highest BCUT2D eigenvalue weighted by atomic mass is 19.1. The number of aliphatic hydroxyl groups is 2. The molecule has 1 amide bonds. The van der Waals surface area contributed by atoms with Gasteiger partial charge in [-0.1, -0.05) is 0 Å². The number of halogens is 2. The van der Waals surface area contributed by atoms with Crippen LogP contribution in [0.1, 0.15) is 28.9 Å². The number of rotatable bonds is 5. The zero-order valence-electron chi connectivity index (χ0n) is 10.1. The van der Waals surface area contributed by atoms with Crippen LogP contribution in [0.2, 0.25) is 0 Å². The molecule has 0 heterocycles. The van der Waals surface area contributed by atoms with E-state index in [0.29, 0.717) is 12.1 Å². The Balaban J connectivity index is 2.92. The van der Waals surface area contributed by atoms with Crippen molar-refractivity contribution < 1.29 is 28.6 Å². The quantitative estimate of drug-likeness (QED) is 0.674. The molecular formula is C12H13F2NO4. The molecule has 1 rings (SSSR count). The Morgan fingerprint density at radius 3 is 2.53 bits per heavy atom. The fraction of sp³-hybridized carbons (Fsp3) is 0.333. The molecule has 104 valence electrons. The van der Waals surface area contributed by atoms with Crippen molar-refractivity contribution in [1.82, 2.24) is 5.32 Å². The van der Waals surface area contributed by atoms with E-state index in [4.69, 9.17) is 0 Å². The summed E-state index contributed by atoms with van der Waals surface area (Å²) in [6.45, 7) is 0.894. The second-order valence-electron chi connectivity index (χ2n) is 3.96. The molecule has 2 atom stereocenters. The molecule has 0 aromatic heterocycles. The van der Waals surface area contributed by atoms with Gasteiger partial charge in [0.25, 0.3) is 0 Å². The predicted molar refractivity (Wildman–Crippen MR) is 61.4 cm³/mol. The van der Waals surface area contributed by atoms with Crippen molar-refractivity contribution in [3.63, 3.8) is 0 Å². The maximum atomic E-state index is 13.5. The number of carbonyl (C=O) groups excluding carboxylic acids is 2. The second-order valence-corrected chi connectivity index (χ2v) is 3.96. The van der Waals surface area contributed by atoms with Crippen molar-refractivity contribution in [2.24, 2.45) is 0 Å². The maximum absolute atomic E-state index is 13.5. The van der Waals surface area contributed by atoms with Crippen molar-refractivity contribution in [2.75, 3.05) is 6.54 Å². The van der Waals surface area contributed by atoms with Gasteiger partial charge in [0.2, 0.25) is 5.91 Å². The number of hydrogen-bond donors (Lipinski definition) is 3. The van der Waals surface area contributed by atoms with Crippen LogP contribution in [0.3, 0.4) is 0 Å². The predicted octanol–water partition coefficient (Wildman–Crippen LogP) is 0.308. The molecule has 0 aliphatic rings. The summed E-state index contributed by atoms with van der Waals surface area (Å²) < 4.78 is 26.9. The van der Waals surface area contributed by atoms with Gasteiger partial charge in [0.05, 0.1) is 5.56 Å². The van der Waals surface area contributed by atoms with Crippen LogP contribution in [-0.2, 0) is 4.79 Å². The molecule has 0 radical (unpaired) electrons. The van der Waals surface area contributed by atoms with Crippen molar-refractivity contribution in [1.29, 1.82) is 0 Å². The van der Waals surface area contributed by atoms with Gasteiger partial charge >= 0.3 is 0 Å². The Labute approximate surface area is 107 Å². The van der Waals surface area contributed by atoms with Crippen molar-refractivity contribution in [2.45, 2.75) is 19.1 Å². The fourth-order valence-electron chi connectivity index (χ4n) is 1.46. The topological polar surface area (TPSA) is 86.6 Å². The largest absolute Gasteiger partial charge is 0.388 e. The number of aldehydes is 1. The zero-order chi connectivity index (χ0) is 14.6. The van der Waals surface area contributed by atoms with E-state index in [2.05, 4.69) is 5.32 Å².